The first-order valence-corrected chi connectivity index (χ1v) is 8.33. The molecule has 22 heavy (non-hydrogen) atoms. The molecule has 0 aliphatic carbocycles. The zero-order valence-electron chi connectivity index (χ0n) is 13.1. The summed E-state index contributed by atoms with van der Waals surface area (Å²) in [6.45, 7) is 4.26. The number of nitrogens with zero attached hydrogens (tertiary/aromatic N) is 1. The summed E-state index contributed by atoms with van der Waals surface area (Å²) in [5, 5.41) is 8.69. The summed E-state index contributed by atoms with van der Waals surface area (Å²) in [5.74, 6) is 0.814. The average molecular weight is 317 g/mol. The van der Waals surface area contributed by atoms with Crippen molar-refractivity contribution >= 4 is 17.3 Å². The molecule has 1 heterocycles. The Bertz CT molecular complexity index is 555. The molecule has 0 aliphatic rings. The Morgan fingerprint density at radius 2 is 2.00 bits per heavy atom. The molecule has 2 N–H and O–H groups in total. The van der Waals surface area contributed by atoms with E-state index in [4.69, 9.17) is 4.74 Å². The molecule has 1 aromatic carbocycles. The minimum Gasteiger partial charge on any atom is -0.375 e. The molecule has 0 radical (unpaired) electrons. The van der Waals surface area contributed by atoms with Gasteiger partial charge in [-0.25, -0.2) is 4.99 Å². The number of methoxy groups -OCH3 is 1. The van der Waals surface area contributed by atoms with Crippen LogP contribution >= 0.6 is 11.3 Å². The number of benzene rings is 1. The zero-order chi connectivity index (χ0) is 15.6. The van der Waals surface area contributed by atoms with E-state index >= 15 is 0 Å². The monoisotopic (exact) mass is 317 g/mol. The van der Waals surface area contributed by atoms with Gasteiger partial charge in [-0.15, -0.1) is 11.3 Å². The van der Waals surface area contributed by atoms with Crippen LogP contribution < -0.4 is 10.6 Å². The largest absolute Gasteiger partial charge is 0.375 e. The highest BCUT2D eigenvalue weighted by molar-refractivity contribution is 7.09. The third-order valence-electron chi connectivity index (χ3n) is 3.23. The van der Waals surface area contributed by atoms with Crippen molar-refractivity contribution < 1.29 is 4.74 Å². The normalized spacial score (nSPS) is 12.9. The molecule has 2 rings (SSSR count). The van der Waals surface area contributed by atoms with Crippen molar-refractivity contribution in [3.63, 3.8) is 0 Å². The van der Waals surface area contributed by atoms with E-state index in [1.165, 1.54) is 4.88 Å². The van der Waals surface area contributed by atoms with E-state index in [-0.39, 0.29) is 6.10 Å². The minimum atomic E-state index is 0.00629. The molecule has 0 amide bonds. The fraction of sp³-hybridized carbons (Fsp3) is 0.353. The maximum absolute atomic E-state index is 5.57. The quantitative estimate of drug-likeness (QED) is 0.609. The van der Waals surface area contributed by atoms with Crippen LogP contribution in [0.15, 0.2) is 52.8 Å². The third kappa shape index (κ3) is 5.16. The van der Waals surface area contributed by atoms with E-state index < -0.39 is 0 Å². The number of thiophene rings is 1. The Hall–Kier alpha value is -1.85. The van der Waals surface area contributed by atoms with Crippen molar-refractivity contribution in [2.75, 3.05) is 20.2 Å². The van der Waals surface area contributed by atoms with Gasteiger partial charge in [-0.05, 0) is 23.9 Å². The molecule has 1 aromatic heterocycles. The molecular formula is C17H23N3OS. The maximum Gasteiger partial charge on any atom is 0.191 e. The fourth-order valence-corrected chi connectivity index (χ4v) is 2.72. The molecule has 0 saturated carbocycles. The van der Waals surface area contributed by atoms with Gasteiger partial charge in [0.2, 0.25) is 0 Å². The van der Waals surface area contributed by atoms with Crippen molar-refractivity contribution in [3.8, 4) is 0 Å². The fourth-order valence-electron chi connectivity index (χ4n) is 2.10. The van der Waals surface area contributed by atoms with E-state index in [9.17, 15) is 0 Å². The molecule has 2 aromatic rings. The number of hydrogen-bond acceptors (Lipinski definition) is 3. The first kappa shape index (κ1) is 16.5. The van der Waals surface area contributed by atoms with Crippen molar-refractivity contribution in [2.24, 2.45) is 4.99 Å². The second-order valence-electron chi connectivity index (χ2n) is 4.79. The lowest BCUT2D eigenvalue weighted by Gasteiger charge is -2.18. The van der Waals surface area contributed by atoms with Crippen LogP contribution in [0.5, 0.6) is 0 Å². The summed E-state index contributed by atoms with van der Waals surface area (Å²) in [5.41, 5.74) is 1.16. The van der Waals surface area contributed by atoms with E-state index in [1.807, 2.05) is 24.3 Å². The molecule has 0 fully saturated rings. The number of ether oxygens (including phenoxy) is 1. The van der Waals surface area contributed by atoms with E-state index in [2.05, 4.69) is 46.1 Å². The lowest BCUT2D eigenvalue weighted by Crippen LogP contribution is -2.39. The Morgan fingerprint density at radius 1 is 1.18 bits per heavy atom. The van der Waals surface area contributed by atoms with Crippen LogP contribution in [0.25, 0.3) is 0 Å². The van der Waals surface area contributed by atoms with Crippen molar-refractivity contribution in [1.29, 1.82) is 0 Å². The molecule has 118 valence electrons. The minimum absolute atomic E-state index is 0.00629. The average Bonchev–Trinajstić information content (AvgIpc) is 3.07. The highest BCUT2D eigenvalue weighted by atomic mass is 32.1. The molecule has 5 heteroatoms. The summed E-state index contributed by atoms with van der Waals surface area (Å²) in [4.78, 5) is 5.86. The van der Waals surface area contributed by atoms with Crippen LogP contribution in [-0.4, -0.2) is 26.2 Å². The molecule has 0 aliphatic heterocycles. The Balaban J connectivity index is 1.93. The van der Waals surface area contributed by atoms with Crippen LogP contribution in [0, 0.1) is 0 Å². The van der Waals surface area contributed by atoms with E-state index in [1.54, 1.807) is 18.4 Å². The molecule has 0 spiro atoms. The number of hydrogen-bond donors (Lipinski definition) is 2. The van der Waals surface area contributed by atoms with Gasteiger partial charge in [0.05, 0.1) is 12.6 Å². The number of guanidine groups is 1. The summed E-state index contributed by atoms with van der Waals surface area (Å²) in [6, 6.07) is 14.4. The van der Waals surface area contributed by atoms with Crippen molar-refractivity contribution in [2.45, 2.75) is 19.6 Å². The summed E-state index contributed by atoms with van der Waals surface area (Å²) in [7, 11) is 1.73. The highest BCUT2D eigenvalue weighted by Gasteiger charge is 2.10. The molecule has 4 nitrogen and oxygen atoms in total. The van der Waals surface area contributed by atoms with Crippen molar-refractivity contribution in [1.82, 2.24) is 10.6 Å². The predicted molar refractivity (Wildman–Crippen MR) is 93.3 cm³/mol. The Morgan fingerprint density at radius 3 is 2.64 bits per heavy atom. The highest BCUT2D eigenvalue weighted by Crippen LogP contribution is 2.14. The van der Waals surface area contributed by atoms with Crippen LogP contribution in [0.1, 0.15) is 23.5 Å². The second kappa shape index (κ2) is 9.23. The lowest BCUT2D eigenvalue weighted by atomic mass is 10.1. The van der Waals surface area contributed by atoms with Gasteiger partial charge in [0.1, 0.15) is 0 Å². The van der Waals surface area contributed by atoms with Gasteiger partial charge < -0.3 is 15.4 Å². The number of aliphatic imine (C=N–C) groups is 1. The van der Waals surface area contributed by atoms with Gasteiger partial charge in [0.15, 0.2) is 5.96 Å². The van der Waals surface area contributed by atoms with Crippen LogP contribution in [0.4, 0.5) is 0 Å². The standard InChI is InChI=1S/C17H23N3OS/c1-3-18-17(19-12-15-10-7-11-22-15)20-13-16(21-2)14-8-5-4-6-9-14/h4-11,16H,3,12-13H2,1-2H3,(H2,18,19,20). The van der Waals surface area contributed by atoms with Gasteiger partial charge in [0.25, 0.3) is 0 Å². The van der Waals surface area contributed by atoms with Gasteiger partial charge in [-0.1, -0.05) is 36.4 Å². The van der Waals surface area contributed by atoms with Crippen LogP contribution in [0.3, 0.4) is 0 Å². The third-order valence-corrected chi connectivity index (χ3v) is 4.09. The number of nitrogens with one attached hydrogen (secondary N) is 2. The Kier molecular flexibility index (Phi) is 6.93. The van der Waals surface area contributed by atoms with Crippen LogP contribution in [0.2, 0.25) is 0 Å². The van der Waals surface area contributed by atoms with Crippen LogP contribution in [-0.2, 0) is 11.3 Å². The lowest BCUT2D eigenvalue weighted by molar-refractivity contribution is 0.106. The zero-order valence-corrected chi connectivity index (χ0v) is 13.9. The first-order valence-electron chi connectivity index (χ1n) is 7.45. The summed E-state index contributed by atoms with van der Waals surface area (Å²) < 4.78 is 5.57. The predicted octanol–water partition coefficient (Wildman–Crippen LogP) is 3.19. The molecule has 1 atom stereocenters. The topological polar surface area (TPSA) is 45.7 Å². The molecule has 0 saturated heterocycles. The maximum atomic E-state index is 5.57. The SMILES string of the molecule is CCNC(=NCc1cccs1)NCC(OC)c1ccccc1. The Labute approximate surface area is 136 Å². The van der Waals surface area contributed by atoms with E-state index in [0.717, 1.165) is 18.1 Å². The van der Waals surface area contributed by atoms with Gasteiger partial charge in [0, 0.05) is 25.1 Å². The second-order valence-corrected chi connectivity index (χ2v) is 5.82. The molecule has 0 bridgehead atoms. The van der Waals surface area contributed by atoms with Gasteiger partial charge in [-0.3, -0.25) is 0 Å². The summed E-state index contributed by atoms with van der Waals surface area (Å²) >= 11 is 1.72. The van der Waals surface area contributed by atoms with Crippen molar-refractivity contribution in [3.05, 3.63) is 58.3 Å². The molecular weight excluding hydrogens is 294 g/mol. The first-order chi connectivity index (χ1) is 10.8. The summed E-state index contributed by atoms with van der Waals surface area (Å²) in [6.07, 6.45) is 0.00629. The van der Waals surface area contributed by atoms with E-state index in [0.29, 0.717) is 13.1 Å². The molecule has 1 unspecified atom stereocenters. The van der Waals surface area contributed by atoms with Gasteiger partial charge in [-0.2, -0.15) is 0 Å². The number of rotatable bonds is 7. The smallest absolute Gasteiger partial charge is 0.191 e. The van der Waals surface area contributed by atoms with Gasteiger partial charge >= 0.3 is 0 Å².